The molecule has 0 spiro atoms. The summed E-state index contributed by atoms with van der Waals surface area (Å²) in [6, 6.07) is 15.2. The van der Waals surface area contributed by atoms with Crippen LogP contribution in [0.5, 0.6) is 0 Å². The van der Waals surface area contributed by atoms with Gasteiger partial charge in [-0.15, -0.1) is 11.8 Å². The summed E-state index contributed by atoms with van der Waals surface area (Å²) >= 11 is 7.23. The topological polar surface area (TPSA) is 87.0 Å². The summed E-state index contributed by atoms with van der Waals surface area (Å²) in [4.78, 5) is 13.2. The number of anilines is 1. The van der Waals surface area contributed by atoms with Gasteiger partial charge in [0.05, 0.1) is 22.4 Å². The zero-order valence-electron chi connectivity index (χ0n) is 13.8. The minimum Gasteiger partial charge on any atom is -0.325 e. The number of sulfone groups is 1. The third kappa shape index (κ3) is 6.06. The third-order valence-electron chi connectivity index (χ3n) is 3.40. The number of carbonyl (C=O) groups is 1. The number of nitrogens with zero attached hydrogens (tertiary/aromatic N) is 1. The largest absolute Gasteiger partial charge is 0.325 e. The number of thioether (sulfide) groups is 1. The van der Waals surface area contributed by atoms with Crippen molar-refractivity contribution in [2.24, 2.45) is 0 Å². The van der Waals surface area contributed by atoms with E-state index in [2.05, 4.69) is 11.4 Å². The number of para-hydroxylation sites is 1. The van der Waals surface area contributed by atoms with Crippen LogP contribution in [0, 0.1) is 11.3 Å². The van der Waals surface area contributed by atoms with E-state index in [9.17, 15) is 13.2 Å². The van der Waals surface area contributed by atoms with Gasteiger partial charge in [0.2, 0.25) is 5.91 Å². The molecule has 0 bridgehead atoms. The number of amides is 1. The van der Waals surface area contributed by atoms with Crippen molar-refractivity contribution in [3.63, 3.8) is 0 Å². The molecule has 8 heteroatoms. The van der Waals surface area contributed by atoms with Crippen LogP contribution in [0.25, 0.3) is 0 Å². The lowest BCUT2D eigenvalue weighted by molar-refractivity contribution is -0.115. The summed E-state index contributed by atoms with van der Waals surface area (Å²) in [5, 5.41) is 11.8. The van der Waals surface area contributed by atoms with Crippen molar-refractivity contribution in [1.82, 2.24) is 0 Å². The molecule has 1 amide bonds. The number of benzene rings is 2. The first-order valence-electron chi connectivity index (χ1n) is 7.79. The third-order valence-corrected chi connectivity index (χ3v) is 6.46. The van der Waals surface area contributed by atoms with Crippen LogP contribution in [-0.2, 0) is 14.6 Å². The van der Waals surface area contributed by atoms with Crippen molar-refractivity contribution in [1.29, 1.82) is 5.26 Å². The molecule has 2 aromatic rings. The Balaban J connectivity index is 1.97. The maximum Gasteiger partial charge on any atom is 0.225 e. The Labute approximate surface area is 162 Å². The Morgan fingerprint density at radius 2 is 1.85 bits per heavy atom. The van der Waals surface area contributed by atoms with Gasteiger partial charge in [0.1, 0.15) is 0 Å². The SMILES string of the molecule is N#CCCSc1ccccc1NC(=O)CCS(=O)(=O)c1ccc(Cl)cc1. The fraction of sp³-hybridized carbons (Fsp3) is 0.222. The quantitative estimate of drug-likeness (QED) is 0.523. The molecular formula is C18H17ClN2O3S2. The van der Waals surface area contributed by atoms with Gasteiger partial charge in [-0.3, -0.25) is 4.79 Å². The first-order chi connectivity index (χ1) is 12.4. The van der Waals surface area contributed by atoms with Crippen LogP contribution in [-0.4, -0.2) is 25.8 Å². The number of hydrogen-bond acceptors (Lipinski definition) is 5. The highest BCUT2D eigenvalue weighted by molar-refractivity contribution is 7.99. The number of rotatable bonds is 8. The van der Waals surface area contributed by atoms with Crippen molar-refractivity contribution in [2.45, 2.75) is 22.6 Å². The first kappa shape index (κ1) is 20.3. The van der Waals surface area contributed by atoms with Crippen LogP contribution >= 0.6 is 23.4 Å². The number of nitrogens with one attached hydrogen (secondary N) is 1. The molecule has 1 N–H and O–H groups in total. The molecule has 5 nitrogen and oxygen atoms in total. The van der Waals surface area contributed by atoms with Crippen molar-refractivity contribution in [2.75, 3.05) is 16.8 Å². The lowest BCUT2D eigenvalue weighted by Crippen LogP contribution is -2.17. The predicted octanol–water partition coefficient (Wildman–Crippen LogP) is 4.15. The van der Waals surface area contributed by atoms with Crippen molar-refractivity contribution < 1.29 is 13.2 Å². The Bertz CT molecular complexity index is 907. The van der Waals surface area contributed by atoms with Gasteiger partial charge in [0, 0.05) is 28.5 Å². The molecule has 26 heavy (non-hydrogen) atoms. The Morgan fingerprint density at radius 1 is 1.15 bits per heavy atom. The molecule has 0 aliphatic rings. The van der Waals surface area contributed by atoms with Crippen molar-refractivity contribution in [3.05, 3.63) is 53.6 Å². The number of halogens is 1. The Hall–Kier alpha value is -2.01. The molecule has 0 heterocycles. The summed E-state index contributed by atoms with van der Waals surface area (Å²) < 4.78 is 24.6. The average molecular weight is 409 g/mol. The molecule has 0 aromatic heterocycles. The fourth-order valence-corrected chi connectivity index (χ4v) is 4.33. The monoisotopic (exact) mass is 408 g/mol. The number of hydrogen-bond donors (Lipinski definition) is 1. The molecular weight excluding hydrogens is 392 g/mol. The van der Waals surface area contributed by atoms with E-state index < -0.39 is 9.84 Å². The summed E-state index contributed by atoms with van der Waals surface area (Å²) in [5.41, 5.74) is 0.615. The molecule has 0 unspecified atom stereocenters. The van der Waals surface area contributed by atoms with E-state index in [-0.39, 0.29) is 23.0 Å². The van der Waals surface area contributed by atoms with Gasteiger partial charge in [-0.2, -0.15) is 5.26 Å². The summed E-state index contributed by atoms with van der Waals surface area (Å²) in [6.45, 7) is 0. The van der Waals surface area contributed by atoms with Crippen LogP contribution in [0.3, 0.4) is 0 Å². The second-order valence-corrected chi connectivity index (χ2v) is 9.01. The molecule has 0 aliphatic carbocycles. The fourth-order valence-electron chi connectivity index (χ4n) is 2.10. The van der Waals surface area contributed by atoms with Gasteiger partial charge < -0.3 is 5.32 Å². The Morgan fingerprint density at radius 3 is 2.54 bits per heavy atom. The average Bonchev–Trinajstić information content (AvgIpc) is 2.62. The van der Waals surface area contributed by atoms with E-state index in [0.29, 0.717) is 22.9 Å². The zero-order chi connectivity index (χ0) is 19.0. The van der Waals surface area contributed by atoms with Crippen LogP contribution < -0.4 is 5.32 Å². The lowest BCUT2D eigenvalue weighted by atomic mass is 10.3. The number of carbonyl (C=O) groups excluding carboxylic acids is 1. The Kier molecular flexibility index (Phi) is 7.51. The van der Waals surface area contributed by atoms with E-state index in [1.807, 2.05) is 12.1 Å². The summed E-state index contributed by atoms with van der Waals surface area (Å²) in [6.07, 6.45) is 0.258. The second-order valence-electron chi connectivity index (χ2n) is 5.32. The summed E-state index contributed by atoms with van der Waals surface area (Å²) in [5.74, 6) is -0.0469. The van der Waals surface area contributed by atoms with Crippen molar-refractivity contribution in [3.8, 4) is 6.07 Å². The molecule has 0 atom stereocenters. The minimum atomic E-state index is -3.55. The van der Waals surface area contributed by atoms with Crippen LogP contribution in [0.15, 0.2) is 58.3 Å². The number of nitriles is 1. The van der Waals surface area contributed by atoms with Gasteiger partial charge in [-0.1, -0.05) is 23.7 Å². The van der Waals surface area contributed by atoms with Gasteiger partial charge in [-0.25, -0.2) is 8.42 Å². The highest BCUT2D eigenvalue weighted by Crippen LogP contribution is 2.27. The van der Waals surface area contributed by atoms with E-state index >= 15 is 0 Å². The van der Waals surface area contributed by atoms with Crippen LogP contribution in [0.2, 0.25) is 5.02 Å². The highest BCUT2D eigenvalue weighted by Gasteiger charge is 2.17. The minimum absolute atomic E-state index is 0.141. The van der Waals surface area contributed by atoms with E-state index in [1.54, 1.807) is 12.1 Å². The predicted molar refractivity (Wildman–Crippen MR) is 104 cm³/mol. The van der Waals surface area contributed by atoms with Gasteiger partial charge in [-0.05, 0) is 36.4 Å². The molecule has 0 aliphatic heterocycles. The van der Waals surface area contributed by atoms with Crippen LogP contribution in [0.1, 0.15) is 12.8 Å². The van der Waals surface area contributed by atoms with E-state index in [0.717, 1.165) is 4.90 Å². The molecule has 2 rings (SSSR count). The zero-order valence-corrected chi connectivity index (χ0v) is 16.2. The maximum absolute atomic E-state index is 12.3. The molecule has 136 valence electrons. The van der Waals surface area contributed by atoms with Crippen LogP contribution in [0.4, 0.5) is 5.69 Å². The first-order valence-corrected chi connectivity index (χ1v) is 10.8. The van der Waals surface area contributed by atoms with Gasteiger partial charge >= 0.3 is 0 Å². The molecule has 0 saturated heterocycles. The normalized spacial score (nSPS) is 10.9. The van der Waals surface area contributed by atoms with Crippen molar-refractivity contribution >= 4 is 44.8 Å². The smallest absolute Gasteiger partial charge is 0.225 e. The van der Waals surface area contributed by atoms with Gasteiger partial charge in [0.15, 0.2) is 9.84 Å². The van der Waals surface area contributed by atoms with E-state index in [4.69, 9.17) is 16.9 Å². The molecule has 2 aromatic carbocycles. The maximum atomic E-state index is 12.3. The molecule has 0 saturated carbocycles. The molecule has 0 radical (unpaired) electrons. The lowest BCUT2D eigenvalue weighted by Gasteiger charge is -2.10. The highest BCUT2D eigenvalue weighted by atomic mass is 35.5. The van der Waals surface area contributed by atoms with Gasteiger partial charge in [0.25, 0.3) is 0 Å². The second kappa shape index (κ2) is 9.62. The standard InChI is InChI=1S/C18H17ClN2O3S2/c19-14-6-8-15(9-7-14)26(23,24)13-10-18(22)21-16-4-1-2-5-17(16)25-12-3-11-20/h1-2,4-9H,3,10,12-13H2,(H,21,22). The molecule has 0 fully saturated rings. The van der Waals surface area contributed by atoms with E-state index in [1.165, 1.54) is 36.0 Å². The summed E-state index contributed by atoms with van der Waals surface area (Å²) in [7, 11) is -3.55.